The van der Waals surface area contributed by atoms with Crippen molar-refractivity contribution >= 4 is 70.2 Å². The number of halogens is 4. The van der Waals surface area contributed by atoms with E-state index in [0.717, 1.165) is 0 Å². The van der Waals surface area contributed by atoms with Crippen LogP contribution in [0.4, 0.5) is 0 Å². The van der Waals surface area contributed by atoms with Gasteiger partial charge in [0.2, 0.25) is 0 Å². The summed E-state index contributed by atoms with van der Waals surface area (Å²) in [6, 6.07) is 0. The van der Waals surface area contributed by atoms with E-state index in [0.29, 0.717) is 0 Å². The summed E-state index contributed by atoms with van der Waals surface area (Å²) < 4.78 is 9.01. The highest BCUT2D eigenvalue weighted by Crippen LogP contribution is 2.00. The maximum atomic E-state index is 11.2. The molecule has 0 aliphatic heterocycles. The predicted octanol–water partition coefficient (Wildman–Crippen LogP) is -0.0874. The van der Waals surface area contributed by atoms with Crippen molar-refractivity contribution in [2.45, 2.75) is 9.67 Å². The maximum Gasteiger partial charge on any atom is 0.417 e. The summed E-state index contributed by atoms with van der Waals surface area (Å²) in [7, 11) is 0. The zero-order valence-corrected chi connectivity index (χ0v) is 14.0. The van der Waals surface area contributed by atoms with E-state index in [1.807, 2.05) is 0 Å². The topological polar surface area (TPSA) is 111 Å². The molecule has 0 saturated carbocycles. The molecule has 0 bridgehead atoms. The Balaban J connectivity index is 3.74. The highest BCUT2D eigenvalue weighted by Gasteiger charge is 2.18. The van der Waals surface area contributed by atoms with Crippen LogP contribution in [-0.4, -0.2) is 59.7 Å². The van der Waals surface area contributed by atoms with Crippen molar-refractivity contribution in [2.24, 2.45) is 0 Å². The van der Waals surface area contributed by atoms with Gasteiger partial charge in [-0.2, -0.15) is 0 Å². The number of amides is 2. The quantitative estimate of drug-likeness (QED) is 0.256. The Kier molecular flexibility index (Phi) is 11.1. The Hall–Kier alpha value is -0.960. The summed E-state index contributed by atoms with van der Waals surface area (Å²) in [5.41, 5.74) is 0. The normalized spacial score (nSPS) is 10.3. The van der Waals surface area contributed by atoms with Crippen LogP contribution in [0.2, 0.25) is 0 Å². The minimum absolute atomic E-state index is 0.0727. The monoisotopic (exact) mass is 396 g/mol. The lowest BCUT2D eigenvalue weighted by atomic mass is 10.6. The first-order chi connectivity index (χ1) is 10.3. The zero-order chi connectivity index (χ0) is 17.1. The molecule has 0 aromatic heterocycles. The Morgan fingerprint density at radius 1 is 0.727 bits per heavy atom. The van der Waals surface area contributed by atoms with Gasteiger partial charge in [0.05, 0.1) is 13.1 Å². The summed E-state index contributed by atoms with van der Waals surface area (Å²) in [5, 5.41) is 4.49. The van der Waals surface area contributed by atoms with E-state index < -0.39 is 33.4 Å². The third kappa shape index (κ3) is 9.88. The minimum Gasteiger partial charge on any atom is -0.455 e. The van der Waals surface area contributed by atoms with Gasteiger partial charge in [-0.3, -0.25) is 9.59 Å². The average molecular weight is 398 g/mol. The number of alkyl halides is 4. The average Bonchev–Trinajstić information content (AvgIpc) is 2.46. The van der Waals surface area contributed by atoms with Gasteiger partial charge in [0.25, 0.3) is 11.8 Å². The van der Waals surface area contributed by atoms with Gasteiger partial charge in [-0.1, -0.05) is 46.4 Å². The number of ether oxygens (including phenoxy) is 2. The second kappa shape index (κ2) is 11.6. The van der Waals surface area contributed by atoms with Crippen LogP contribution in [0.15, 0.2) is 0 Å². The van der Waals surface area contributed by atoms with Gasteiger partial charge in [-0.25, -0.2) is 9.59 Å². The van der Waals surface area contributed by atoms with Gasteiger partial charge in [-0.05, 0) is 0 Å². The molecular weight excluding hydrogens is 386 g/mol. The lowest BCUT2D eigenvalue weighted by molar-refractivity contribution is -0.167. The van der Waals surface area contributed by atoms with Gasteiger partial charge in [-0.15, -0.1) is 0 Å². The van der Waals surface area contributed by atoms with Gasteiger partial charge in [0.1, 0.15) is 13.2 Å². The fourth-order valence-electron chi connectivity index (χ4n) is 0.908. The first-order valence-electron chi connectivity index (χ1n) is 5.71. The summed E-state index contributed by atoms with van der Waals surface area (Å²) in [6.07, 6.45) is 0. The SMILES string of the molecule is O=C(OCCNC(=O)C(Cl)Cl)C(=O)OCCNC(=O)C(Cl)Cl. The van der Waals surface area contributed by atoms with Gasteiger partial charge in [0.15, 0.2) is 9.67 Å². The molecule has 8 nitrogen and oxygen atoms in total. The Morgan fingerprint density at radius 2 is 1.05 bits per heavy atom. The Labute approximate surface area is 145 Å². The number of carbonyl (C=O) groups excluding carboxylic acids is 4. The number of esters is 2. The molecule has 2 N–H and O–H groups in total. The molecule has 0 aliphatic carbocycles. The smallest absolute Gasteiger partial charge is 0.417 e. The highest BCUT2D eigenvalue weighted by atomic mass is 35.5. The number of hydrogen-bond acceptors (Lipinski definition) is 6. The zero-order valence-electron chi connectivity index (χ0n) is 10.9. The molecule has 0 spiro atoms. The largest absolute Gasteiger partial charge is 0.455 e. The molecule has 0 saturated heterocycles. The van der Waals surface area contributed by atoms with Crippen molar-refractivity contribution in [2.75, 3.05) is 26.3 Å². The summed E-state index contributed by atoms with van der Waals surface area (Å²) in [4.78, 5) is 41.7. The summed E-state index contributed by atoms with van der Waals surface area (Å²) >= 11 is 21.0. The summed E-state index contributed by atoms with van der Waals surface area (Å²) in [5.74, 6) is -3.81. The summed E-state index contributed by atoms with van der Waals surface area (Å²) in [6.45, 7) is -0.679. The Bertz CT molecular complexity index is 380. The van der Waals surface area contributed by atoms with Gasteiger partial charge < -0.3 is 20.1 Å². The van der Waals surface area contributed by atoms with Crippen molar-refractivity contribution < 1.29 is 28.7 Å². The van der Waals surface area contributed by atoms with Crippen LogP contribution in [0.3, 0.4) is 0 Å². The van der Waals surface area contributed by atoms with Crippen LogP contribution >= 0.6 is 46.4 Å². The fourth-order valence-corrected chi connectivity index (χ4v) is 1.22. The van der Waals surface area contributed by atoms with E-state index in [1.54, 1.807) is 0 Å². The molecule has 0 aliphatic rings. The second-order valence-corrected chi connectivity index (χ2v) is 5.65. The third-order valence-corrected chi connectivity index (χ3v) is 2.62. The molecule has 0 fully saturated rings. The van der Waals surface area contributed by atoms with E-state index in [9.17, 15) is 19.2 Å². The molecule has 0 heterocycles. The van der Waals surface area contributed by atoms with E-state index in [-0.39, 0.29) is 26.3 Å². The van der Waals surface area contributed by atoms with Crippen molar-refractivity contribution in [3.8, 4) is 0 Å². The van der Waals surface area contributed by atoms with E-state index in [4.69, 9.17) is 46.4 Å². The molecule has 0 unspecified atom stereocenters. The molecule has 0 rings (SSSR count). The molecular formula is C10H12Cl4N2O6. The van der Waals surface area contributed by atoms with Gasteiger partial charge >= 0.3 is 11.9 Å². The molecule has 126 valence electrons. The van der Waals surface area contributed by atoms with Crippen LogP contribution in [-0.2, 0) is 28.7 Å². The molecule has 0 atom stereocenters. The van der Waals surface area contributed by atoms with E-state index in [1.165, 1.54) is 0 Å². The highest BCUT2D eigenvalue weighted by molar-refractivity contribution is 6.53. The molecule has 0 aromatic carbocycles. The number of hydrogen-bond donors (Lipinski definition) is 2. The van der Waals surface area contributed by atoms with Crippen LogP contribution in [0, 0.1) is 0 Å². The molecule has 0 aromatic rings. The predicted molar refractivity (Wildman–Crippen MR) is 78.9 cm³/mol. The standard InChI is InChI=1S/C10H12Cl4N2O6/c11-5(12)7(17)15-1-3-21-9(19)10(20)22-4-2-16-8(18)6(13)14/h5-6H,1-4H2,(H,15,17)(H,16,18). The van der Waals surface area contributed by atoms with Crippen molar-refractivity contribution in [3.63, 3.8) is 0 Å². The lowest BCUT2D eigenvalue weighted by Gasteiger charge is -2.08. The maximum absolute atomic E-state index is 11.2. The van der Waals surface area contributed by atoms with Crippen LogP contribution in [0.5, 0.6) is 0 Å². The first-order valence-corrected chi connectivity index (χ1v) is 7.46. The molecule has 0 radical (unpaired) electrons. The number of nitrogens with one attached hydrogen (secondary N) is 2. The van der Waals surface area contributed by atoms with Crippen molar-refractivity contribution in [1.29, 1.82) is 0 Å². The third-order valence-electron chi connectivity index (χ3n) is 1.83. The van der Waals surface area contributed by atoms with Crippen molar-refractivity contribution in [1.82, 2.24) is 10.6 Å². The number of rotatable bonds is 8. The van der Waals surface area contributed by atoms with Crippen LogP contribution in [0.25, 0.3) is 0 Å². The molecule has 2 amide bonds. The Morgan fingerprint density at radius 3 is 1.32 bits per heavy atom. The van der Waals surface area contributed by atoms with Crippen LogP contribution in [0.1, 0.15) is 0 Å². The minimum atomic E-state index is -1.25. The van der Waals surface area contributed by atoms with Gasteiger partial charge in [0, 0.05) is 0 Å². The molecule has 12 heteroatoms. The molecule has 22 heavy (non-hydrogen) atoms. The van der Waals surface area contributed by atoms with E-state index >= 15 is 0 Å². The fraction of sp³-hybridized carbons (Fsp3) is 0.600. The van der Waals surface area contributed by atoms with E-state index in [2.05, 4.69) is 20.1 Å². The number of carbonyl (C=O) groups is 4. The van der Waals surface area contributed by atoms with Crippen LogP contribution < -0.4 is 10.6 Å². The second-order valence-electron chi connectivity index (χ2n) is 3.46. The first kappa shape index (κ1) is 21.0. The van der Waals surface area contributed by atoms with Crippen molar-refractivity contribution in [3.05, 3.63) is 0 Å². The lowest BCUT2D eigenvalue weighted by Crippen LogP contribution is -2.34.